The average molecular weight is 309 g/mol. The Balaban J connectivity index is 2.36. The molecular formula is C15H10Cl2O3. The minimum atomic E-state index is -0.563. The van der Waals surface area contributed by atoms with Gasteiger partial charge < -0.3 is 4.74 Å². The molecule has 2 rings (SSSR count). The lowest BCUT2D eigenvalue weighted by molar-refractivity contribution is 0.0733. The summed E-state index contributed by atoms with van der Waals surface area (Å²) in [5.41, 5.74) is 0.594. The number of esters is 1. The number of halogens is 2. The maximum atomic E-state index is 12.0. The Bertz CT molecular complexity index is 666. The van der Waals surface area contributed by atoms with Crippen LogP contribution in [0.2, 0.25) is 10.0 Å². The summed E-state index contributed by atoms with van der Waals surface area (Å²) in [6.07, 6.45) is 0. The Morgan fingerprint density at radius 2 is 1.60 bits per heavy atom. The van der Waals surface area contributed by atoms with Gasteiger partial charge in [0.15, 0.2) is 5.78 Å². The summed E-state index contributed by atoms with van der Waals surface area (Å²) in [4.78, 5) is 23.5. The first-order valence-corrected chi connectivity index (χ1v) is 6.52. The van der Waals surface area contributed by atoms with Crippen molar-refractivity contribution in [3.63, 3.8) is 0 Å². The molecule has 2 aromatic rings. The number of ether oxygens (including phenoxy) is 1. The Labute approximate surface area is 126 Å². The summed E-state index contributed by atoms with van der Waals surface area (Å²) in [5, 5.41) is 0.448. The van der Waals surface area contributed by atoms with Crippen molar-refractivity contribution in [2.45, 2.75) is 6.92 Å². The molecule has 0 aliphatic carbocycles. The number of benzene rings is 2. The number of hydrogen-bond donors (Lipinski definition) is 0. The third kappa shape index (κ3) is 3.18. The third-order valence-corrected chi connectivity index (χ3v) is 3.34. The fourth-order valence-corrected chi connectivity index (χ4v) is 1.94. The van der Waals surface area contributed by atoms with Crippen molar-refractivity contribution in [1.29, 1.82) is 0 Å². The van der Waals surface area contributed by atoms with Crippen LogP contribution in [0, 0.1) is 0 Å². The van der Waals surface area contributed by atoms with E-state index < -0.39 is 5.97 Å². The van der Waals surface area contributed by atoms with Crippen LogP contribution in [0.15, 0.2) is 42.5 Å². The quantitative estimate of drug-likeness (QED) is 0.479. The van der Waals surface area contributed by atoms with Crippen molar-refractivity contribution in [3.8, 4) is 5.75 Å². The van der Waals surface area contributed by atoms with Crippen LogP contribution in [0.1, 0.15) is 27.6 Å². The van der Waals surface area contributed by atoms with Gasteiger partial charge in [0.2, 0.25) is 0 Å². The standard InChI is InChI=1S/C15H10Cl2O3/c1-9(18)11-7-12(16)13(17)8-14(11)20-15(19)10-5-3-2-4-6-10/h2-8H,1H3. The Morgan fingerprint density at radius 3 is 2.20 bits per heavy atom. The van der Waals surface area contributed by atoms with Crippen LogP contribution < -0.4 is 4.74 Å². The molecule has 0 atom stereocenters. The number of Topliss-reactive ketones (excluding diaryl/α,β-unsaturated/α-hetero) is 1. The Morgan fingerprint density at radius 1 is 1.00 bits per heavy atom. The highest BCUT2D eigenvalue weighted by molar-refractivity contribution is 6.42. The predicted molar refractivity (Wildman–Crippen MR) is 77.9 cm³/mol. The monoisotopic (exact) mass is 308 g/mol. The molecule has 0 bridgehead atoms. The molecule has 0 aliphatic rings. The average Bonchev–Trinajstić information content (AvgIpc) is 2.43. The molecule has 102 valence electrons. The smallest absolute Gasteiger partial charge is 0.343 e. The molecule has 0 fully saturated rings. The number of carbonyl (C=O) groups is 2. The molecule has 0 spiro atoms. The van der Waals surface area contributed by atoms with Crippen molar-refractivity contribution in [3.05, 3.63) is 63.6 Å². The molecule has 0 amide bonds. The van der Waals surface area contributed by atoms with Crippen LogP contribution in [-0.4, -0.2) is 11.8 Å². The zero-order valence-corrected chi connectivity index (χ0v) is 12.0. The minimum Gasteiger partial charge on any atom is -0.422 e. The molecule has 3 nitrogen and oxygen atoms in total. The number of ketones is 1. The lowest BCUT2D eigenvalue weighted by Crippen LogP contribution is -2.11. The molecular weight excluding hydrogens is 299 g/mol. The highest BCUT2D eigenvalue weighted by Gasteiger charge is 2.16. The molecule has 2 aromatic carbocycles. The molecule has 0 aliphatic heterocycles. The Kier molecular flexibility index (Phi) is 4.42. The first-order chi connectivity index (χ1) is 9.49. The molecule has 0 saturated heterocycles. The first kappa shape index (κ1) is 14.6. The highest BCUT2D eigenvalue weighted by atomic mass is 35.5. The van der Waals surface area contributed by atoms with Crippen molar-refractivity contribution in [2.24, 2.45) is 0 Å². The first-order valence-electron chi connectivity index (χ1n) is 5.76. The number of carbonyl (C=O) groups excluding carboxylic acids is 2. The van der Waals surface area contributed by atoms with Gasteiger partial charge in [-0.25, -0.2) is 4.79 Å². The van der Waals surface area contributed by atoms with Gasteiger partial charge in [0.1, 0.15) is 5.75 Å². The number of rotatable bonds is 3. The molecule has 0 saturated carbocycles. The normalized spacial score (nSPS) is 10.2. The van der Waals surface area contributed by atoms with E-state index in [4.69, 9.17) is 27.9 Å². The van der Waals surface area contributed by atoms with Crippen molar-refractivity contribution in [2.75, 3.05) is 0 Å². The van der Waals surface area contributed by atoms with Gasteiger partial charge >= 0.3 is 5.97 Å². The van der Waals surface area contributed by atoms with Gasteiger partial charge in [0.25, 0.3) is 0 Å². The topological polar surface area (TPSA) is 43.4 Å². The SMILES string of the molecule is CC(=O)c1cc(Cl)c(Cl)cc1OC(=O)c1ccccc1. The van der Waals surface area contributed by atoms with Crippen LogP contribution in [0.4, 0.5) is 0 Å². The predicted octanol–water partition coefficient (Wildman–Crippen LogP) is 4.42. The fourth-order valence-electron chi connectivity index (χ4n) is 1.62. The molecule has 0 N–H and O–H groups in total. The van der Waals surface area contributed by atoms with Crippen molar-refractivity contribution >= 4 is 35.0 Å². The zero-order chi connectivity index (χ0) is 14.7. The van der Waals surface area contributed by atoms with Crippen LogP contribution in [0.25, 0.3) is 0 Å². The van der Waals surface area contributed by atoms with Crippen molar-refractivity contribution in [1.82, 2.24) is 0 Å². The van der Waals surface area contributed by atoms with Gasteiger partial charge in [0, 0.05) is 6.07 Å². The van der Waals surface area contributed by atoms with Gasteiger partial charge in [-0.15, -0.1) is 0 Å². The summed E-state index contributed by atoms with van der Waals surface area (Å²) in [6, 6.07) is 11.2. The summed E-state index contributed by atoms with van der Waals surface area (Å²) < 4.78 is 5.23. The van der Waals surface area contributed by atoms with Crippen LogP contribution in [0.3, 0.4) is 0 Å². The maximum Gasteiger partial charge on any atom is 0.343 e. The van der Waals surface area contributed by atoms with Gasteiger partial charge in [-0.1, -0.05) is 41.4 Å². The second-order valence-corrected chi connectivity index (χ2v) is 4.89. The van der Waals surface area contributed by atoms with E-state index in [0.29, 0.717) is 5.56 Å². The van der Waals surface area contributed by atoms with Gasteiger partial charge in [-0.3, -0.25) is 4.79 Å². The zero-order valence-electron chi connectivity index (χ0n) is 10.5. The van der Waals surface area contributed by atoms with E-state index in [0.717, 1.165) is 0 Å². The van der Waals surface area contributed by atoms with E-state index in [9.17, 15) is 9.59 Å². The second kappa shape index (κ2) is 6.07. The fraction of sp³-hybridized carbons (Fsp3) is 0.0667. The minimum absolute atomic E-state index is 0.0979. The molecule has 0 heterocycles. The molecule has 0 radical (unpaired) electrons. The van der Waals surface area contributed by atoms with E-state index in [1.54, 1.807) is 30.3 Å². The lowest BCUT2D eigenvalue weighted by atomic mass is 10.1. The Hall–Kier alpha value is -1.84. The summed E-state index contributed by atoms with van der Waals surface area (Å²) in [5.74, 6) is -0.730. The second-order valence-electron chi connectivity index (χ2n) is 4.07. The van der Waals surface area contributed by atoms with Gasteiger partial charge in [-0.05, 0) is 25.1 Å². The van der Waals surface area contributed by atoms with Gasteiger partial charge in [-0.2, -0.15) is 0 Å². The van der Waals surface area contributed by atoms with Crippen LogP contribution in [-0.2, 0) is 0 Å². The van der Waals surface area contributed by atoms with Crippen molar-refractivity contribution < 1.29 is 14.3 Å². The molecule has 0 aromatic heterocycles. The van der Waals surface area contributed by atoms with E-state index in [1.165, 1.54) is 19.1 Å². The summed E-state index contributed by atoms with van der Waals surface area (Å²) in [6.45, 7) is 1.36. The summed E-state index contributed by atoms with van der Waals surface area (Å²) in [7, 11) is 0. The molecule has 20 heavy (non-hydrogen) atoms. The maximum absolute atomic E-state index is 12.0. The van der Waals surface area contributed by atoms with E-state index in [2.05, 4.69) is 0 Å². The largest absolute Gasteiger partial charge is 0.422 e. The van der Waals surface area contributed by atoms with E-state index in [1.807, 2.05) is 0 Å². The molecule has 5 heteroatoms. The highest BCUT2D eigenvalue weighted by Crippen LogP contribution is 2.31. The van der Waals surface area contributed by atoms with E-state index in [-0.39, 0.29) is 27.1 Å². The number of hydrogen-bond acceptors (Lipinski definition) is 3. The van der Waals surface area contributed by atoms with Gasteiger partial charge in [0.05, 0.1) is 21.2 Å². The lowest BCUT2D eigenvalue weighted by Gasteiger charge is -2.09. The van der Waals surface area contributed by atoms with Crippen LogP contribution in [0.5, 0.6) is 5.75 Å². The third-order valence-electron chi connectivity index (χ3n) is 2.61. The molecule has 0 unspecified atom stereocenters. The van der Waals surface area contributed by atoms with Crippen LogP contribution >= 0.6 is 23.2 Å². The van der Waals surface area contributed by atoms with E-state index >= 15 is 0 Å². The summed E-state index contributed by atoms with van der Waals surface area (Å²) >= 11 is 11.7.